The zero-order valence-electron chi connectivity index (χ0n) is 19.0. The summed E-state index contributed by atoms with van der Waals surface area (Å²) < 4.78 is 5.51. The number of hydrogen-bond donors (Lipinski definition) is 0. The van der Waals surface area contributed by atoms with Gasteiger partial charge < -0.3 is 14.5 Å². The Morgan fingerprint density at radius 2 is 1.59 bits per heavy atom. The maximum Gasteiger partial charge on any atom is 0.410 e. The predicted octanol–water partition coefficient (Wildman–Crippen LogP) is 5.09. The van der Waals surface area contributed by atoms with Gasteiger partial charge in [0.25, 0.3) is 0 Å². The Morgan fingerprint density at radius 3 is 2.10 bits per heavy atom. The van der Waals surface area contributed by atoms with Crippen molar-refractivity contribution < 1.29 is 9.53 Å². The van der Waals surface area contributed by atoms with Crippen LogP contribution in [0.5, 0.6) is 0 Å². The molecule has 1 amide bonds. The fourth-order valence-corrected chi connectivity index (χ4v) is 4.47. The lowest BCUT2D eigenvalue weighted by atomic mass is 9.79. The van der Waals surface area contributed by atoms with Gasteiger partial charge >= 0.3 is 6.09 Å². The number of nitrogens with zero attached hydrogens (tertiary/aromatic N) is 4. The van der Waals surface area contributed by atoms with Crippen molar-refractivity contribution in [2.75, 3.05) is 37.3 Å². The summed E-state index contributed by atoms with van der Waals surface area (Å²) in [6.07, 6.45) is 8.14. The summed E-state index contributed by atoms with van der Waals surface area (Å²) in [4.78, 5) is 25.2. The van der Waals surface area contributed by atoms with Crippen LogP contribution in [0.1, 0.15) is 60.3 Å². The molecule has 1 aromatic rings. The van der Waals surface area contributed by atoms with Gasteiger partial charge in [0, 0.05) is 32.2 Å². The van der Waals surface area contributed by atoms with Crippen LogP contribution in [0.3, 0.4) is 0 Å². The minimum Gasteiger partial charge on any atom is -0.444 e. The first-order chi connectivity index (χ1) is 13.9. The third-order valence-corrected chi connectivity index (χ3v) is 6.20. The van der Waals surface area contributed by atoms with Gasteiger partial charge in [-0.1, -0.05) is 13.8 Å². The zero-order chi connectivity index (χ0) is 21.4. The van der Waals surface area contributed by atoms with E-state index in [0.717, 1.165) is 61.7 Å². The van der Waals surface area contributed by atoms with Crippen LogP contribution in [-0.4, -0.2) is 59.0 Å². The molecule has 2 fully saturated rings. The van der Waals surface area contributed by atoms with Crippen molar-refractivity contribution >= 4 is 23.7 Å². The number of anilines is 1. The highest BCUT2D eigenvalue weighted by molar-refractivity contribution is 7.98. The molecule has 0 atom stereocenters. The molecule has 0 aromatic carbocycles. The van der Waals surface area contributed by atoms with E-state index in [1.807, 2.05) is 45.8 Å². The summed E-state index contributed by atoms with van der Waals surface area (Å²) in [5.41, 5.74) is -0.419. The molecule has 0 radical (unpaired) electrons. The SMILES string of the molecule is CC.CSc1cc(N2CCC(C3CCN(C(=O)OC(C)(C)C)CC3)CC2)ncn1. The van der Waals surface area contributed by atoms with Crippen molar-refractivity contribution in [3.63, 3.8) is 0 Å². The summed E-state index contributed by atoms with van der Waals surface area (Å²) >= 11 is 1.66. The second kappa shape index (κ2) is 11.0. The van der Waals surface area contributed by atoms with Crippen molar-refractivity contribution in [2.45, 2.75) is 70.9 Å². The van der Waals surface area contributed by atoms with Gasteiger partial charge in [0.1, 0.15) is 22.8 Å². The molecule has 2 aliphatic heterocycles. The molecule has 0 bridgehead atoms. The number of amides is 1. The van der Waals surface area contributed by atoms with E-state index in [1.54, 1.807) is 18.1 Å². The van der Waals surface area contributed by atoms with Gasteiger partial charge in [-0.15, -0.1) is 11.8 Å². The molecule has 29 heavy (non-hydrogen) atoms. The summed E-state index contributed by atoms with van der Waals surface area (Å²) in [6, 6.07) is 2.09. The standard InChI is InChI=1S/C20H32N4O2S.C2H6/c1-20(2,3)26-19(25)24-11-7-16(8-12-24)15-5-9-23(10-6-15)17-13-18(27-4)22-14-21-17;1-2/h13-16H,5-12H2,1-4H3;1-2H3. The molecule has 0 unspecified atom stereocenters. The van der Waals surface area contributed by atoms with Gasteiger partial charge in [0.05, 0.1) is 0 Å². The zero-order valence-corrected chi connectivity index (χ0v) is 19.8. The van der Waals surface area contributed by atoms with Crippen molar-refractivity contribution in [3.05, 3.63) is 12.4 Å². The molecule has 0 N–H and O–H groups in total. The monoisotopic (exact) mass is 422 g/mol. The molecule has 3 rings (SSSR count). The lowest BCUT2D eigenvalue weighted by Crippen LogP contribution is -2.44. The molecule has 0 aliphatic carbocycles. The number of carbonyl (C=O) groups excluding carboxylic acids is 1. The first kappa shape index (κ1) is 23.8. The maximum absolute atomic E-state index is 12.2. The minimum atomic E-state index is -0.419. The molecule has 0 saturated carbocycles. The number of thioether (sulfide) groups is 1. The van der Waals surface area contributed by atoms with Crippen LogP contribution in [0.25, 0.3) is 0 Å². The highest BCUT2D eigenvalue weighted by Gasteiger charge is 2.32. The molecular formula is C22H38N4O2S. The second-order valence-electron chi connectivity index (χ2n) is 8.55. The molecule has 3 heterocycles. The van der Waals surface area contributed by atoms with Crippen LogP contribution in [0, 0.1) is 11.8 Å². The third kappa shape index (κ3) is 7.05. The number of piperidine rings is 2. The van der Waals surface area contributed by atoms with Gasteiger partial charge in [-0.05, 0) is 64.5 Å². The minimum absolute atomic E-state index is 0.163. The van der Waals surface area contributed by atoms with Crippen molar-refractivity contribution in [2.24, 2.45) is 11.8 Å². The Morgan fingerprint density at radius 1 is 1.03 bits per heavy atom. The van der Waals surface area contributed by atoms with E-state index >= 15 is 0 Å². The fourth-order valence-electron chi connectivity index (χ4n) is 4.09. The fraction of sp³-hybridized carbons (Fsp3) is 0.773. The molecular weight excluding hydrogens is 384 g/mol. The highest BCUT2D eigenvalue weighted by Crippen LogP contribution is 2.34. The second-order valence-corrected chi connectivity index (χ2v) is 9.37. The molecule has 1 aromatic heterocycles. The summed E-state index contributed by atoms with van der Waals surface area (Å²) in [5.74, 6) is 2.52. The first-order valence-corrected chi connectivity index (χ1v) is 12.2. The Hall–Kier alpha value is -1.50. The topological polar surface area (TPSA) is 58.6 Å². The van der Waals surface area contributed by atoms with Gasteiger partial charge in [0.15, 0.2) is 0 Å². The summed E-state index contributed by atoms with van der Waals surface area (Å²) in [6.45, 7) is 13.5. The van der Waals surface area contributed by atoms with E-state index in [2.05, 4.69) is 20.9 Å². The van der Waals surface area contributed by atoms with Crippen LogP contribution in [0.2, 0.25) is 0 Å². The Bertz CT molecular complexity index is 634. The lowest BCUT2D eigenvalue weighted by Gasteiger charge is -2.40. The molecule has 2 saturated heterocycles. The van der Waals surface area contributed by atoms with E-state index in [1.165, 1.54) is 12.8 Å². The Labute approximate surface area is 180 Å². The quantitative estimate of drug-likeness (QED) is 0.500. The van der Waals surface area contributed by atoms with E-state index < -0.39 is 5.60 Å². The molecule has 6 nitrogen and oxygen atoms in total. The first-order valence-electron chi connectivity index (χ1n) is 10.9. The average Bonchev–Trinajstić information content (AvgIpc) is 2.74. The number of ether oxygens (including phenoxy) is 1. The lowest BCUT2D eigenvalue weighted by molar-refractivity contribution is 0.0152. The van der Waals surface area contributed by atoms with Gasteiger partial charge in [-0.2, -0.15) is 0 Å². The number of carbonyl (C=O) groups is 1. The van der Waals surface area contributed by atoms with E-state index in [4.69, 9.17) is 4.74 Å². The molecule has 7 heteroatoms. The van der Waals surface area contributed by atoms with E-state index in [-0.39, 0.29) is 6.09 Å². The van der Waals surface area contributed by atoms with Crippen LogP contribution >= 0.6 is 11.8 Å². The number of likely N-dealkylation sites (tertiary alicyclic amines) is 1. The van der Waals surface area contributed by atoms with Crippen molar-refractivity contribution in [1.29, 1.82) is 0 Å². The Kier molecular flexibility index (Phi) is 9.05. The Balaban J connectivity index is 0.00000145. The third-order valence-electron chi connectivity index (χ3n) is 5.56. The molecule has 164 valence electrons. The smallest absolute Gasteiger partial charge is 0.410 e. The van der Waals surface area contributed by atoms with Crippen LogP contribution in [-0.2, 0) is 4.74 Å². The van der Waals surface area contributed by atoms with Crippen LogP contribution < -0.4 is 4.90 Å². The number of aromatic nitrogens is 2. The summed E-state index contributed by atoms with van der Waals surface area (Å²) in [5, 5.41) is 1.02. The normalized spacial score (nSPS) is 18.8. The maximum atomic E-state index is 12.2. The van der Waals surface area contributed by atoms with E-state index in [0.29, 0.717) is 0 Å². The van der Waals surface area contributed by atoms with Gasteiger partial charge in [-0.25, -0.2) is 14.8 Å². The van der Waals surface area contributed by atoms with Crippen molar-refractivity contribution in [3.8, 4) is 0 Å². The predicted molar refractivity (Wildman–Crippen MR) is 121 cm³/mol. The molecule has 2 aliphatic rings. The average molecular weight is 423 g/mol. The summed E-state index contributed by atoms with van der Waals surface area (Å²) in [7, 11) is 0. The number of rotatable bonds is 3. The van der Waals surface area contributed by atoms with Gasteiger partial charge in [-0.3, -0.25) is 0 Å². The highest BCUT2D eigenvalue weighted by atomic mass is 32.2. The van der Waals surface area contributed by atoms with Crippen LogP contribution in [0.15, 0.2) is 17.4 Å². The largest absolute Gasteiger partial charge is 0.444 e. The van der Waals surface area contributed by atoms with E-state index in [9.17, 15) is 4.79 Å². The number of hydrogen-bond acceptors (Lipinski definition) is 6. The van der Waals surface area contributed by atoms with Crippen molar-refractivity contribution in [1.82, 2.24) is 14.9 Å². The molecule has 0 spiro atoms. The van der Waals surface area contributed by atoms with Gasteiger partial charge in [0.2, 0.25) is 0 Å². The van der Waals surface area contributed by atoms with Crippen LogP contribution in [0.4, 0.5) is 10.6 Å².